The van der Waals surface area contributed by atoms with E-state index in [0.717, 1.165) is 51.9 Å². The predicted molar refractivity (Wildman–Crippen MR) is 113 cm³/mol. The van der Waals surface area contributed by atoms with Crippen molar-refractivity contribution in [2.75, 3.05) is 41.4 Å². The maximum absolute atomic E-state index is 9.60. The Balaban J connectivity index is 1.55. The van der Waals surface area contributed by atoms with Crippen LogP contribution in [0.3, 0.4) is 0 Å². The number of nitrogens with zero attached hydrogens (tertiary/aromatic N) is 6. The van der Waals surface area contributed by atoms with Crippen molar-refractivity contribution in [2.24, 2.45) is 5.10 Å². The molecule has 0 spiro atoms. The van der Waals surface area contributed by atoms with Crippen LogP contribution >= 0.6 is 0 Å². The molecule has 4 rings (SSSR count). The summed E-state index contributed by atoms with van der Waals surface area (Å²) in [5.74, 6) is 1.44. The zero-order valence-electron chi connectivity index (χ0n) is 16.5. The Morgan fingerprint density at radius 2 is 1.38 bits per heavy atom. The van der Waals surface area contributed by atoms with E-state index in [4.69, 9.17) is 4.98 Å². The SMILES string of the molecule is Oc1ccc(C=NNc2nc(N3CCCCC3)nc(N3CCCCC3)n2)cc1O. The molecule has 0 radical (unpaired) electrons. The zero-order chi connectivity index (χ0) is 20.1. The standard InChI is InChI=1S/C20H27N7O2/c28-16-8-7-15(13-17(16)29)14-21-25-18-22-19(26-9-3-1-4-10-26)24-20(23-18)27-11-5-2-6-12-27/h7-8,13-14,28-29H,1-6,9-12H2,(H,22,23,24,25). The van der Waals surface area contributed by atoms with Crippen molar-refractivity contribution in [1.29, 1.82) is 0 Å². The summed E-state index contributed by atoms with van der Waals surface area (Å²) in [4.78, 5) is 18.3. The largest absolute Gasteiger partial charge is 0.504 e. The van der Waals surface area contributed by atoms with E-state index in [9.17, 15) is 10.2 Å². The van der Waals surface area contributed by atoms with E-state index < -0.39 is 0 Å². The van der Waals surface area contributed by atoms with Gasteiger partial charge < -0.3 is 20.0 Å². The predicted octanol–water partition coefficient (Wildman–Crippen LogP) is 2.71. The topological polar surface area (TPSA) is 110 Å². The first-order valence-corrected chi connectivity index (χ1v) is 10.3. The summed E-state index contributed by atoms with van der Waals surface area (Å²) >= 11 is 0. The smallest absolute Gasteiger partial charge is 0.250 e. The lowest BCUT2D eigenvalue weighted by molar-refractivity contribution is 0.403. The monoisotopic (exact) mass is 397 g/mol. The Morgan fingerprint density at radius 1 is 0.793 bits per heavy atom. The molecule has 0 bridgehead atoms. The van der Waals surface area contributed by atoms with E-state index >= 15 is 0 Å². The molecular weight excluding hydrogens is 370 g/mol. The number of hydrogen-bond donors (Lipinski definition) is 3. The normalized spacial score (nSPS) is 17.7. The molecule has 2 aromatic rings. The fourth-order valence-electron chi connectivity index (χ4n) is 3.66. The fourth-order valence-corrected chi connectivity index (χ4v) is 3.66. The van der Waals surface area contributed by atoms with E-state index in [0.29, 0.717) is 23.4 Å². The van der Waals surface area contributed by atoms with Gasteiger partial charge in [-0.25, -0.2) is 5.43 Å². The molecule has 0 atom stereocenters. The molecule has 2 aliphatic rings. The van der Waals surface area contributed by atoms with E-state index in [-0.39, 0.29) is 11.5 Å². The van der Waals surface area contributed by atoms with Crippen molar-refractivity contribution in [3.8, 4) is 11.5 Å². The summed E-state index contributed by atoms with van der Waals surface area (Å²) < 4.78 is 0. The number of piperidine rings is 2. The fraction of sp³-hybridized carbons (Fsp3) is 0.500. The number of hydrazone groups is 1. The van der Waals surface area contributed by atoms with Crippen LogP contribution in [0.25, 0.3) is 0 Å². The molecule has 3 N–H and O–H groups in total. The lowest BCUT2D eigenvalue weighted by atomic mass is 10.1. The van der Waals surface area contributed by atoms with Gasteiger partial charge in [0.1, 0.15) is 0 Å². The van der Waals surface area contributed by atoms with Gasteiger partial charge in [0.15, 0.2) is 11.5 Å². The second-order valence-electron chi connectivity index (χ2n) is 7.47. The van der Waals surface area contributed by atoms with Crippen LogP contribution in [0.5, 0.6) is 11.5 Å². The second-order valence-corrected chi connectivity index (χ2v) is 7.47. The van der Waals surface area contributed by atoms with E-state index in [1.165, 1.54) is 25.0 Å². The number of phenolic OH excluding ortho intramolecular Hbond substituents is 2. The highest BCUT2D eigenvalue weighted by atomic mass is 16.3. The van der Waals surface area contributed by atoms with Crippen molar-refractivity contribution in [3.63, 3.8) is 0 Å². The highest BCUT2D eigenvalue weighted by Gasteiger charge is 2.20. The van der Waals surface area contributed by atoms with Gasteiger partial charge >= 0.3 is 0 Å². The third kappa shape index (κ3) is 4.85. The first-order chi connectivity index (χ1) is 14.2. The second kappa shape index (κ2) is 8.93. The number of phenols is 2. The number of rotatable bonds is 5. The van der Waals surface area contributed by atoms with Crippen LogP contribution in [0.4, 0.5) is 17.8 Å². The molecule has 9 heteroatoms. The summed E-state index contributed by atoms with van der Waals surface area (Å²) in [6.07, 6.45) is 8.63. The summed E-state index contributed by atoms with van der Waals surface area (Å²) in [6, 6.07) is 4.51. The Hall–Kier alpha value is -3.10. The van der Waals surface area contributed by atoms with Crippen molar-refractivity contribution in [3.05, 3.63) is 23.8 Å². The highest BCUT2D eigenvalue weighted by Crippen LogP contribution is 2.24. The summed E-state index contributed by atoms with van der Waals surface area (Å²) in [5, 5.41) is 23.2. The highest BCUT2D eigenvalue weighted by molar-refractivity contribution is 5.81. The molecule has 9 nitrogen and oxygen atoms in total. The van der Waals surface area contributed by atoms with Crippen LogP contribution in [-0.4, -0.2) is 57.6 Å². The molecule has 154 valence electrons. The van der Waals surface area contributed by atoms with Gasteiger partial charge in [-0.05, 0) is 62.3 Å². The molecule has 3 heterocycles. The molecule has 29 heavy (non-hydrogen) atoms. The van der Waals surface area contributed by atoms with Crippen molar-refractivity contribution >= 4 is 24.1 Å². The van der Waals surface area contributed by atoms with Crippen molar-refractivity contribution in [1.82, 2.24) is 15.0 Å². The molecule has 0 unspecified atom stereocenters. The van der Waals surface area contributed by atoms with Gasteiger partial charge in [-0.15, -0.1) is 0 Å². The number of anilines is 3. The average Bonchev–Trinajstić information content (AvgIpc) is 2.77. The Morgan fingerprint density at radius 3 is 1.93 bits per heavy atom. The number of aromatic nitrogens is 3. The Bertz CT molecular complexity index is 826. The minimum atomic E-state index is -0.186. The maximum atomic E-state index is 9.60. The average molecular weight is 397 g/mol. The molecule has 1 aromatic carbocycles. The van der Waals surface area contributed by atoms with Gasteiger partial charge in [-0.2, -0.15) is 20.1 Å². The molecule has 0 aliphatic carbocycles. The Labute approximate surface area is 170 Å². The summed E-state index contributed by atoms with van der Waals surface area (Å²) in [7, 11) is 0. The Kier molecular flexibility index (Phi) is 5.92. The first kappa shape index (κ1) is 19.2. The lowest BCUT2D eigenvalue weighted by Gasteiger charge is -2.30. The number of nitrogens with one attached hydrogen (secondary N) is 1. The van der Waals surface area contributed by atoms with Crippen LogP contribution in [-0.2, 0) is 0 Å². The first-order valence-electron chi connectivity index (χ1n) is 10.3. The van der Waals surface area contributed by atoms with Gasteiger partial charge in [0.05, 0.1) is 6.21 Å². The quantitative estimate of drug-likeness (QED) is 0.401. The van der Waals surface area contributed by atoms with Crippen LogP contribution in [0.15, 0.2) is 23.3 Å². The third-order valence-electron chi connectivity index (χ3n) is 5.27. The molecule has 0 saturated carbocycles. The number of hydrogen-bond acceptors (Lipinski definition) is 9. The van der Waals surface area contributed by atoms with Gasteiger partial charge in [0.25, 0.3) is 0 Å². The molecule has 2 fully saturated rings. The van der Waals surface area contributed by atoms with Crippen LogP contribution < -0.4 is 15.2 Å². The molecular formula is C20H27N7O2. The minimum absolute atomic E-state index is 0.162. The van der Waals surface area contributed by atoms with E-state index in [1.807, 2.05) is 0 Å². The molecule has 0 amide bonds. The van der Waals surface area contributed by atoms with Gasteiger partial charge in [0.2, 0.25) is 17.8 Å². The lowest BCUT2D eigenvalue weighted by Crippen LogP contribution is -2.34. The van der Waals surface area contributed by atoms with Gasteiger partial charge in [-0.3, -0.25) is 0 Å². The minimum Gasteiger partial charge on any atom is -0.504 e. The van der Waals surface area contributed by atoms with Crippen molar-refractivity contribution < 1.29 is 10.2 Å². The van der Waals surface area contributed by atoms with Crippen molar-refractivity contribution in [2.45, 2.75) is 38.5 Å². The van der Waals surface area contributed by atoms with Crippen LogP contribution in [0, 0.1) is 0 Å². The third-order valence-corrected chi connectivity index (χ3v) is 5.27. The van der Waals surface area contributed by atoms with Gasteiger partial charge in [0, 0.05) is 26.2 Å². The van der Waals surface area contributed by atoms with Crippen LogP contribution in [0.1, 0.15) is 44.1 Å². The molecule has 2 aliphatic heterocycles. The number of benzene rings is 1. The van der Waals surface area contributed by atoms with E-state index in [1.54, 1.807) is 12.3 Å². The van der Waals surface area contributed by atoms with Gasteiger partial charge in [-0.1, -0.05) is 0 Å². The molecule has 1 aromatic heterocycles. The summed E-state index contributed by atoms with van der Waals surface area (Å²) in [6.45, 7) is 3.83. The summed E-state index contributed by atoms with van der Waals surface area (Å²) in [5.41, 5.74) is 3.54. The van der Waals surface area contributed by atoms with E-state index in [2.05, 4.69) is 30.3 Å². The zero-order valence-corrected chi connectivity index (χ0v) is 16.5. The molecule has 2 saturated heterocycles. The number of aromatic hydroxyl groups is 2. The maximum Gasteiger partial charge on any atom is 0.250 e. The van der Waals surface area contributed by atoms with Crippen LogP contribution in [0.2, 0.25) is 0 Å².